The Morgan fingerprint density at radius 2 is 2.06 bits per heavy atom. The minimum Gasteiger partial charge on any atom is -0.373 e. The number of hydrogen-bond donors (Lipinski definition) is 0. The number of carbonyl (C=O) groups is 1. The van der Waals surface area contributed by atoms with Crippen LogP contribution in [0.4, 0.5) is 0 Å². The highest BCUT2D eigenvalue weighted by molar-refractivity contribution is 5.99. The van der Waals surface area contributed by atoms with Gasteiger partial charge < -0.3 is 4.74 Å². The minimum absolute atomic E-state index is 0.0839. The Morgan fingerprint density at radius 3 is 2.59 bits per heavy atom. The topological polar surface area (TPSA) is 26.3 Å². The van der Waals surface area contributed by atoms with E-state index in [1.165, 1.54) is 5.56 Å². The third kappa shape index (κ3) is 3.97. The van der Waals surface area contributed by atoms with Gasteiger partial charge in [-0.05, 0) is 30.4 Å². The fraction of sp³-hybridized carbons (Fsp3) is 0.533. The van der Waals surface area contributed by atoms with Crippen molar-refractivity contribution in [2.45, 2.75) is 39.7 Å². The Kier molecular flexibility index (Phi) is 5.36. The van der Waals surface area contributed by atoms with Crippen molar-refractivity contribution in [3.63, 3.8) is 0 Å². The van der Waals surface area contributed by atoms with Gasteiger partial charge in [-0.25, -0.2) is 0 Å². The summed E-state index contributed by atoms with van der Waals surface area (Å²) in [5.74, 6) is 0.686. The Bertz CT molecular complexity index is 365. The molecule has 0 fully saturated rings. The number of methoxy groups -OCH3 is 1. The first kappa shape index (κ1) is 13.9. The van der Waals surface area contributed by atoms with Crippen molar-refractivity contribution in [1.82, 2.24) is 0 Å². The number of Topliss-reactive ketones (excluding diaryl/α,β-unsaturated/α-hetero) is 1. The summed E-state index contributed by atoms with van der Waals surface area (Å²) in [5.41, 5.74) is 1.98. The van der Waals surface area contributed by atoms with Gasteiger partial charge in [-0.3, -0.25) is 4.79 Å². The smallest absolute Gasteiger partial charge is 0.191 e. The maximum absolute atomic E-state index is 12.1. The lowest BCUT2D eigenvalue weighted by molar-refractivity contribution is 0.0595. The van der Waals surface area contributed by atoms with E-state index in [-0.39, 0.29) is 11.9 Å². The molecule has 1 atom stereocenters. The van der Waals surface area contributed by atoms with E-state index in [0.717, 1.165) is 12.0 Å². The zero-order valence-corrected chi connectivity index (χ0v) is 11.2. The molecule has 2 nitrogen and oxygen atoms in total. The second-order valence-electron chi connectivity index (χ2n) is 4.80. The van der Waals surface area contributed by atoms with E-state index in [0.29, 0.717) is 12.3 Å². The highest BCUT2D eigenvalue weighted by atomic mass is 16.5. The lowest BCUT2D eigenvalue weighted by atomic mass is 9.97. The van der Waals surface area contributed by atoms with Crippen LogP contribution in [0.5, 0.6) is 0 Å². The molecule has 0 saturated heterocycles. The molecule has 1 aromatic carbocycles. The Morgan fingerprint density at radius 1 is 1.35 bits per heavy atom. The molecule has 94 valence electrons. The maximum Gasteiger partial charge on any atom is 0.191 e. The summed E-state index contributed by atoms with van der Waals surface area (Å²) >= 11 is 0. The van der Waals surface area contributed by atoms with Gasteiger partial charge in [-0.15, -0.1) is 0 Å². The molecule has 0 heterocycles. The molecule has 0 aliphatic rings. The van der Waals surface area contributed by atoms with Crippen molar-refractivity contribution >= 4 is 5.78 Å². The molecule has 1 aromatic rings. The van der Waals surface area contributed by atoms with Gasteiger partial charge in [0.2, 0.25) is 0 Å². The van der Waals surface area contributed by atoms with Gasteiger partial charge in [0.15, 0.2) is 5.78 Å². The molecule has 0 amide bonds. The van der Waals surface area contributed by atoms with E-state index < -0.39 is 0 Å². The average Bonchev–Trinajstić information content (AvgIpc) is 2.30. The van der Waals surface area contributed by atoms with Crippen LogP contribution in [0, 0.1) is 5.92 Å². The molecule has 1 unspecified atom stereocenters. The summed E-state index contributed by atoms with van der Waals surface area (Å²) in [5, 5.41) is 0. The molecule has 0 aliphatic heterocycles. The number of carbonyl (C=O) groups excluding carboxylic acids is 1. The molecule has 0 aliphatic carbocycles. The average molecular weight is 234 g/mol. The fourth-order valence-electron chi connectivity index (χ4n) is 1.97. The first-order valence-electron chi connectivity index (χ1n) is 6.24. The van der Waals surface area contributed by atoms with Crippen molar-refractivity contribution in [2.75, 3.05) is 7.11 Å². The first-order valence-corrected chi connectivity index (χ1v) is 6.24. The van der Waals surface area contributed by atoms with Crippen molar-refractivity contribution in [1.29, 1.82) is 0 Å². The van der Waals surface area contributed by atoms with Crippen molar-refractivity contribution < 1.29 is 9.53 Å². The van der Waals surface area contributed by atoms with Gasteiger partial charge >= 0.3 is 0 Å². The molecule has 0 N–H and O–H groups in total. The van der Waals surface area contributed by atoms with E-state index in [4.69, 9.17) is 4.74 Å². The lowest BCUT2D eigenvalue weighted by Gasteiger charge is -2.13. The van der Waals surface area contributed by atoms with Gasteiger partial charge in [0.25, 0.3) is 0 Å². The Labute approximate surface area is 104 Å². The summed E-state index contributed by atoms with van der Waals surface area (Å²) in [4.78, 5) is 12.1. The van der Waals surface area contributed by atoms with Crippen LogP contribution >= 0.6 is 0 Å². The van der Waals surface area contributed by atoms with E-state index in [2.05, 4.69) is 19.9 Å². The molecule has 2 heteroatoms. The van der Waals surface area contributed by atoms with Crippen molar-refractivity contribution in [3.8, 4) is 0 Å². The Hall–Kier alpha value is -1.15. The van der Waals surface area contributed by atoms with Crippen LogP contribution in [-0.2, 0) is 11.2 Å². The van der Waals surface area contributed by atoms with E-state index in [1.54, 1.807) is 7.11 Å². The van der Waals surface area contributed by atoms with Crippen LogP contribution in [0.15, 0.2) is 24.3 Å². The zero-order chi connectivity index (χ0) is 12.8. The fourth-order valence-corrected chi connectivity index (χ4v) is 1.97. The van der Waals surface area contributed by atoms with Crippen molar-refractivity contribution in [3.05, 3.63) is 35.4 Å². The van der Waals surface area contributed by atoms with Crippen molar-refractivity contribution in [2.24, 2.45) is 5.92 Å². The molecular formula is C15H22O2. The Balaban J connectivity index is 2.87. The monoisotopic (exact) mass is 234 g/mol. The summed E-state index contributed by atoms with van der Waals surface area (Å²) in [7, 11) is 1.59. The van der Waals surface area contributed by atoms with Gasteiger partial charge in [0.05, 0.1) is 0 Å². The second kappa shape index (κ2) is 6.55. The summed E-state index contributed by atoms with van der Waals surface area (Å²) < 4.78 is 5.19. The van der Waals surface area contributed by atoms with E-state index in [9.17, 15) is 4.79 Å². The number of ether oxygens (including phenoxy) is 1. The lowest BCUT2D eigenvalue weighted by Crippen LogP contribution is -2.22. The van der Waals surface area contributed by atoms with Gasteiger partial charge in [0, 0.05) is 12.7 Å². The van der Waals surface area contributed by atoms with Crippen LogP contribution < -0.4 is 0 Å². The molecule has 0 radical (unpaired) electrons. The molecule has 0 spiro atoms. The largest absolute Gasteiger partial charge is 0.373 e. The number of rotatable bonds is 6. The molecule has 17 heavy (non-hydrogen) atoms. The number of hydrogen-bond acceptors (Lipinski definition) is 2. The van der Waals surface area contributed by atoms with Crippen LogP contribution in [0.25, 0.3) is 0 Å². The quantitative estimate of drug-likeness (QED) is 0.704. The van der Waals surface area contributed by atoms with E-state index >= 15 is 0 Å². The number of benzene rings is 1. The number of ketones is 1. The summed E-state index contributed by atoms with van der Waals surface area (Å²) in [6.45, 7) is 6.32. The minimum atomic E-state index is -0.315. The molecule has 1 rings (SSSR count). The second-order valence-corrected chi connectivity index (χ2v) is 4.80. The molecule has 0 bridgehead atoms. The van der Waals surface area contributed by atoms with Gasteiger partial charge in [-0.2, -0.15) is 0 Å². The first-order chi connectivity index (χ1) is 8.08. The highest BCUT2D eigenvalue weighted by Crippen LogP contribution is 2.14. The third-order valence-electron chi connectivity index (χ3n) is 2.80. The molecule has 0 saturated carbocycles. The highest BCUT2D eigenvalue weighted by Gasteiger charge is 2.17. The van der Waals surface area contributed by atoms with Crippen LogP contribution in [-0.4, -0.2) is 19.0 Å². The van der Waals surface area contributed by atoms with E-state index in [1.807, 2.05) is 25.1 Å². The summed E-state index contributed by atoms with van der Waals surface area (Å²) in [6.07, 6.45) is 1.40. The van der Waals surface area contributed by atoms with Gasteiger partial charge in [-0.1, -0.05) is 39.0 Å². The normalized spacial score (nSPS) is 12.8. The third-order valence-corrected chi connectivity index (χ3v) is 2.80. The molecule has 0 aromatic heterocycles. The predicted octanol–water partition coefficient (Wildman–Crippen LogP) is 3.49. The summed E-state index contributed by atoms with van der Waals surface area (Å²) in [6, 6.07) is 7.88. The molecular weight excluding hydrogens is 212 g/mol. The maximum atomic E-state index is 12.1. The predicted molar refractivity (Wildman–Crippen MR) is 70.4 cm³/mol. The zero-order valence-electron chi connectivity index (χ0n) is 11.2. The van der Waals surface area contributed by atoms with Crippen LogP contribution in [0.3, 0.4) is 0 Å². The SMILES string of the molecule is CCC(OC)C(=O)c1cccc(CC(C)C)c1. The van der Waals surface area contributed by atoms with Crippen LogP contribution in [0.1, 0.15) is 43.1 Å². The van der Waals surface area contributed by atoms with Crippen LogP contribution in [0.2, 0.25) is 0 Å². The van der Waals surface area contributed by atoms with Gasteiger partial charge in [0.1, 0.15) is 6.10 Å². The standard InChI is InChI=1S/C15H22O2/c1-5-14(17-4)15(16)13-8-6-7-12(10-13)9-11(2)3/h6-8,10-11,14H,5,9H2,1-4H3.